The summed E-state index contributed by atoms with van der Waals surface area (Å²) in [6, 6.07) is -0.837. The quantitative estimate of drug-likeness (QED) is 0.0261. The molecule has 1 amide bonds. The molecular weight excluding hydrogens is 887 g/mol. The van der Waals surface area contributed by atoms with Gasteiger partial charge in [0.2, 0.25) is 5.91 Å². The molecule has 0 aromatic carbocycles. The van der Waals surface area contributed by atoms with Crippen LogP contribution < -0.4 is 5.32 Å². The fraction of sp³-hybridized carbons (Fsp3) is 0.694. The zero-order valence-electron chi connectivity index (χ0n) is 44.9. The third kappa shape index (κ3) is 40.0. The summed E-state index contributed by atoms with van der Waals surface area (Å²) in [4.78, 5) is 13.0. The number of hydrogen-bond acceptors (Lipinski definition) is 8. The molecule has 9 heteroatoms. The number of carbonyl (C=O) groups excluding carboxylic acids is 1. The summed E-state index contributed by atoms with van der Waals surface area (Å²) in [5, 5.41) is 54.5. The number of carbonyl (C=O) groups is 1. The fourth-order valence-electron chi connectivity index (χ4n) is 8.35. The Bertz CT molecular complexity index is 1480. The summed E-state index contributed by atoms with van der Waals surface area (Å²) >= 11 is 0. The molecule has 1 heterocycles. The summed E-state index contributed by atoms with van der Waals surface area (Å²) in [6.45, 7) is 3.64. The van der Waals surface area contributed by atoms with E-state index >= 15 is 0 Å². The first-order valence-corrected chi connectivity index (χ1v) is 28.6. The van der Waals surface area contributed by atoms with Crippen LogP contribution in [0.4, 0.5) is 0 Å². The molecule has 1 aliphatic heterocycles. The molecule has 0 saturated carbocycles. The summed E-state index contributed by atoms with van der Waals surface area (Å²) < 4.78 is 11.2. The number of amides is 1. The average molecular weight is 993 g/mol. The first-order chi connectivity index (χ1) is 34.8. The molecule has 0 aliphatic carbocycles. The molecule has 1 fully saturated rings. The van der Waals surface area contributed by atoms with Gasteiger partial charge in [-0.25, -0.2) is 0 Å². The van der Waals surface area contributed by atoms with E-state index in [0.717, 1.165) is 83.5 Å². The molecule has 9 nitrogen and oxygen atoms in total. The van der Waals surface area contributed by atoms with Crippen molar-refractivity contribution >= 4 is 5.91 Å². The second-order valence-corrected chi connectivity index (χ2v) is 19.4. The van der Waals surface area contributed by atoms with Gasteiger partial charge in [-0.2, -0.15) is 0 Å². The predicted octanol–water partition coefficient (Wildman–Crippen LogP) is 14.2. The van der Waals surface area contributed by atoms with Crippen LogP contribution in [0.15, 0.2) is 109 Å². The van der Waals surface area contributed by atoms with Crippen molar-refractivity contribution in [1.82, 2.24) is 5.32 Å². The van der Waals surface area contributed by atoms with Crippen LogP contribution in [0.1, 0.15) is 219 Å². The molecule has 6 N–H and O–H groups in total. The number of aliphatic hydroxyl groups excluding tert-OH is 5. The minimum Gasteiger partial charge on any atom is -0.394 e. The minimum atomic E-state index is -1.58. The molecule has 0 radical (unpaired) electrons. The smallest absolute Gasteiger partial charge is 0.220 e. The molecule has 0 aromatic rings. The van der Waals surface area contributed by atoms with Crippen LogP contribution in [0.3, 0.4) is 0 Å². The molecular formula is C62H105NO8. The Balaban J connectivity index is 2.31. The van der Waals surface area contributed by atoms with Crippen LogP contribution in [-0.4, -0.2) is 87.5 Å². The molecule has 71 heavy (non-hydrogen) atoms. The first kappa shape index (κ1) is 65.9. The zero-order valence-corrected chi connectivity index (χ0v) is 44.9. The number of ether oxygens (including phenoxy) is 2. The third-order valence-corrected chi connectivity index (χ3v) is 12.9. The van der Waals surface area contributed by atoms with Crippen molar-refractivity contribution in [2.24, 2.45) is 0 Å². The lowest BCUT2D eigenvalue weighted by atomic mass is 9.99. The number of hydrogen-bond donors (Lipinski definition) is 6. The Morgan fingerprint density at radius 3 is 1.30 bits per heavy atom. The molecule has 406 valence electrons. The van der Waals surface area contributed by atoms with E-state index in [1.54, 1.807) is 6.08 Å². The highest BCUT2D eigenvalue weighted by atomic mass is 16.7. The fourth-order valence-corrected chi connectivity index (χ4v) is 8.35. The van der Waals surface area contributed by atoms with Crippen LogP contribution >= 0.6 is 0 Å². The standard InChI is InChI=1S/C62H105NO8/c1-3-5-7-9-11-13-15-17-19-21-23-25-26-27-28-29-30-32-34-36-38-40-42-44-46-48-50-52-58(66)63-55(54-70-62-61(69)60(68)59(67)57(53-64)71-62)56(65)51-49-47-45-43-41-39-37-35-33-31-24-22-20-18-16-14-12-10-8-6-4-2/h5,7,11,13,17,19,23,25,27-28,30,32,36,38,42,44,49,51,55-57,59-62,64-65,67-69H,3-4,6,8-10,12,14-16,18,20-22,24,26,29,31,33-35,37,39-41,43,45-48,50,52-54H2,1-2H3,(H,63,66)/b7-5-,13-11-,19-17-,25-23-,28-27-,32-30-,38-36-,44-42-,51-49+. The SMILES string of the molecule is CC/C=C\C/C=C\C/C=C\C/C=C\C/C=C\C/C=C\C/C=C\C/C=C\CCCCC(=O)NC(COC1OC(CO)C(O)C(O)C1O)C(O)/C=C/CCCCCCCCCCCCCCCCCCCCC. The van der Waals surface area contributed by atoms with Gasteiger partial charge < -0.3 is 40.3 Å². The van der Waals surface area contributed by atoms with Crippen molar-refractivity contribution in [3.63, 3.8) is 0 Å². The second kappa shape index (κ2) is 50.4. The first-order valence-electron chi connectivity index (χ1n) is 28.6. The Kier molecular flexibility index (Phi) is 46.7. The lowest BCUT2D eigenvalue weighted by molar-refractivity contribution is -0.302. The highest BCUT2D eigenvalue weighted by Crippen LogP contribution is 2.23. The normalized spacial score (nSPS) is 20.1. The summed E-state index contributed by atoms with van der Waals surface area (Å²) in [6.07, 6.45) is 67.1. The maximum atomic E-state index is 13.0. The van der Waals surface area contributed by atoms with Crippen LogP contribution in [0.5, 0.6) is 0 Å². The van der Waals surface area contributed by atoms with Gasteiger partial charge in [-0.15, -0.1) is 0 Å². The van der Waals surface area contributed by atoms with Crippen molar-refractivity contribution < 1.29 is 39.8 Å². The van der Waals surface area contributed by atoms with Crippen molar-refractivity contribution in [1.29, 1.82) is 0 Å². The van der Waals surface area contributed by atoms with Gasteiger partial charge in [-0.3, -0.25) is 4.79 Å². The molecule has 0 spiro atoms. The molecule has 1 aliphatic rings. The van der Waals surface area contributed by atoms with Crippen molar-refractivity contribution in [3.05, 3.63) is 109 Å². The molecule has 1 saturated heterocycles. The van der Waals surface area contributed by atoms with E-state index in [-0.39, 0.29) is 18.9 Å². The Hall–Kier alpha value is -3.15. The monoisotopic (exact) mass is 992 g/mol. The Morgan fingerprint density at radius 1 is 0.493 bits per heavy atom. The van der Waals surface area contributed by atoms with E-state index in [2.05, 4.69) is 116 Å². The lowest BCUT2D eigenvalue weighted by Gasteiger charge is -2.40. The molecule has 0 aromatic heterocycles. The van der Waals surface area contributed by atoms with E-state index in [1.165, 1.54) is 109 Å². The molecule has 0 bridgehead atoms. The second-order valence-electron chi connectivity index (χ2n) is 19.4. The average Bonchev–Trinajstić information content (AvgIpc) is 3.37. The highest BCUT2D eigenvalue weighted by Gasteiger charge is 2.44. The minimum absolute atomic E-state index is 0.213. The van der Waals surface area contributed by atoms with Gasteiger partial charge in [0.05, 0.1) is 25.4 Å². The Labute approximate surface area is 434 Å². The topological polar surface area (TPSA) is 149 Å². The maximum absolute atomic E-state index is 13.0. The van der Waals surface area contributed by atoms with E-state index in [4.69, 9.17) is 9.47 Å². The van der Waals surface area contributed by atoms with E-state index in [0.29, 0.717) is 6.42 Å². The van der Waals surface area contributed by atoms with Crippen LogP contribution in [-0.2, 0) is 14.3 Å². The van der Waals surface area contributed by atoms with Crippen LogP contribution in [0.25, 0.3) is 0 Å². The lowest BCUT2D eigenvalue weighted by Crippen LogP contribution is -2.60. The van der Waals surface area contributed by atoms with Gasteiger partial charge in [-0.05, 0) is 83.5 Å². The number of allylic oxidation sites excluding steroid dienone is 17. The molecule has 7 atom stereocenters. The van der Waals surface area contributed by atoms with Gasteiger partial charge in [0, 0.05) is 6.42 Å². The van der Waals surface area contributed by atoms with Gasteiger partial charge in [0.15, 0.2) is 6.29 Å². The summed E-state index contributed by atoms with van der Waals surface area (Å²) in [5.74, 6) is -0.222. The van der Waals surface area contributed by atoms with Crippen molar-refractivity contribution in [2.45, 2.75) is 262 Å². The Morgan fingerprint density at radius 2 is 0.873 bits per heavy atom. The largest absolute Gasteiger partial charge is 0.394 e. The predicted molar refractivity (Wildman–Crippen MR) is 299 cm³/mol. The van der Waals surface area contributed by atoms with Crippen molar-refractivity contribution in [3.8, 4) is 0 Å². The third-order valence-electron chi connectivity index (χ3n) is 12.9. The summed E-state index contributed by atoms with van der Waals surface area (Å²) in [7, 11) is 0. The van der Waals surface area contributed by atoms with Crippen LogP contribution in [0.2, 0.25) is 0 Å². The van der Waals surface area contributed by atoms with E-state index in [9.17, 15) is 30.3 Å². The van der Waals surface area contributed by atoms with E-state index in [1.807, 2.05) is 6.08 Å². The number of nitrogens with one attached hydrogen (secondary N) is 1. The number of rotatable bonds is 47. The highest BCUT2D eigenvalue weighted by molar-refractivity contribution is 5.76. The van der Waals surface area contributed by atoms with Gasteiger partial charge in [0.25, 0.3) is 0 Å². The van der Waals surface area contributed by atoms with Gasteiger partial charge in [-0.1, -0.05) is 239 Å². The number of aliphatic hydroxyl groups is 5. The van der Waals surface area contributed by atoms with Crippen molar-refractivity contribution in [2.75, 3.05) is 13.2 Å². The van der Waals surface area contributed by atoms with Gasteiger partial charge >= 0.3 is 0 Å². The van der Waals surface area contributed by atoms with Crippen LogP contribution in [0, 0.1) is 0 Å². The summed E-state index contributed by atoms with van der Waals surface area (Å²) in [5.41, 5.74) is 0. The number of unbranched alkanes of at least 4 members (excludes halogenated alkanes) is 21. The maximum Gasteiger partial charge on any atom is 0.220 e. The molecule has 1 rings (SSSR count). The van der Waals surface area contributed by atoms with Gasteiger partial charge in [0.1, 0.15) is 24.4 Å². The zero-order chi connectivity index (χ0) is 51.5. The van der Waals surface area contributed by atoms with E-state index < -0.39 is 49.5 Å². The molecule has 7 unspecified atom stereocenters.